The summed E-state index contributed by atoms with van der Waals surface area (Å²) in [6.45, 7) is -4.84. The van der Waals surface area contributed by atoms with E-state index in [0.29, 0.717) is 11.2 Å². The molecular formula is C20H27N8O9PS. The maximum atomic E-state index is 12.3. The van der Waals surface area contributed by atoms with Crippen LogP contribution in [0.1, 0.15) is 18.9 Å². The van der Waals surface area contributed by atoms with Crippen molar-refractivity contribution in [3.05, 3.63) is 35.4 Å². The number of fused-ring (bicyclic) bond motifs is 1. The number of nitrogen functional groups attached to an aromatic ring is 2. The Hall–Kier alpha value is -2.64. The topological polar surface area (TPSA) is 237 Å². The molecule has 3 aromatic heterocycles. The fourth-order valence-corrected chi connectivity index (χ4v) is 5.99. The zero-order chi connectivity index (χ0) is 27.9. The van der Waals surface area contributed by atoms with Crippen LogP contribution in [0, 0.1) is 0 Å². The van der Waals surface area contributed by atoms with Gasteiger partial charge in [0.25, 0.3) is 0 Å². The van der Waals surface area contributed by atoms with Crippen molar-refractivity contribution < 1.29 is 38.4 Å². The zero-order valence-electron chi connectivity index (χ0n) is 20.5. The highest BCUT2D eigenvalue weighted by molar-refractivity contribution is 8.07. The van der Waals surface area contributed by atoms with E-state index < -0.39 is 62.0 Å². The van der Waals surface area contributed by atoms with Gasteiger partial charge in [-0.2, -0.15) is 4.98 Å². The molecule has 5 rings (SSSR count). The van der Waals surface area contributed by atoms with Crippen molar-refractivity contribution in [3.8, 4) is 0 Å². The molecule has 0 bridgehead atoms. The van der Waals surface area contributed by atoms with Crippen LogP contribution in [0.3, 0.4) is 0 Å². The average Bonchev–Trinajstić information content (AvgIpc) is 3.58. The van der Waals surface area contributed by atoms with Crippen LogP contribution in [-0.4, -0.2) is 95.0 Å². The highest BCUT2D eigenvalue weighted by Crippen LogP contribution is 2.50. The highest BCUT2D eigenvalue weighted by atomic mass is 32.5. The van der Waals surface area contributed by atoms with E-state index in [1.807, 2.05) is 0 Å². The quantitative estimate of drug-likeness (QED) is 0.178. The van der Waals surface area contributed by atoms with E-state index in [1.165, 1.54) is 32.0 Å². The number of nitrogens with zero attached hydrogens (tertiary/aromatic N) is 6. The van der Waals surface area contributed by atoms with Crippen molar-refractivity contribution in [2.75, 3.05) is 31.8 Å². The summed E-state index contributed by atoms with van der Waals surface area (Å²) in [7, 11) is 1.34. The van der Waals surface area contributed by atoms with Crippen molar-refractivity contribution >= 4 is 41.3 Å². The Bertz CT molecular complexity index is 1440. The molecule has 2 aliphatic heterocycles. The van der Waals surface area contributed by atoms with Crippen molar-refractivity contribution in [1.29, 1.82) is 0 Å². The van der Waals surface area contributed by atoms with Crippen LogP contribution in [0.5, 0.6) is 0 Å². The van der Waals surface area contributed by atoms with E-state index in [2.05, 4.69) is 19.9 Å². The van der Waals surface area contributed by atoms with Crippen molar-refractivity contribution in [3.63, 3.8) is 0 Å². The second kappa shape index (κ2) is 11.1. The third-order valence-electron chi connectivity index (χ3n) is 6.42. The van der Waals surface area contributed by atoms with Crippen molar-refractivity contribution in [2.45, 2.75) is 49.4 Å². The van der Waals surface area contributed by atoms with Gasteiger partial charge in [0, 0.05) is 19.7 Å². The Kier molecular flexibility index (Phi) is 7.93. The number of anilines is 2. The van der Waals surface area contributed by atoms with Crippen LogP contribution in [0.4, 0.5) is 11.6 Å². The molecule has 39 heavy (non-hydrogen) atoms. The van der Waals surface area contributed by atoms with Crippen molar-refractivity contribution in [1.82, 2.24) is 29.1 Å². The number of ether oxygens (including phenoxy) is 3. The first-order valence-electron chi connectivity index (χ1n) is 11.7. The molecule has 0 aromatic carbocycles. The van der Waals surface area contributed by atoms with Gasteiger partial charge < -0.3 is 45.3 Å². The Morgan fingerprint density at radius 1 is 1.21 bits per heavy atom. The predicted molar refractivity (Wildman–Crippen MR) is 136 cm³/mol. The van der Waals surface area contributed by atoms with Gasteiger partial charge in [0.2, 0.25) is 0 Å². The lowest BCUT2D eigenvalue weighted by Crippen LogP contribution is -2.39. The third-order valence-corrected chi connectivity index (χ3v) is 7.98. The smallest absolute Gasteiger partial charge is 0.351 e. The summed E-state index contributed by atoms with van der Waals surface area (Å²) in [6.07, 6.45) is -2.34. The third kappa shape index (κ3) is 5.53. The van der Waals surface area contributed by atoms with Gasteiger partial charge in [-0.25, -0.2) is 19.7 Å². The highest BCUT2D eigenvalue weighted by Gasteiger charge is 2.49. The summed E-state index contributed by atoms with van der Waals surface area (Å²) in [5.74, 6) is 0.229. The summed E-state index contributed by atoms with van der Waals surface area (Å²) in [6, 6.07) is 1.40. The monoisotopic (exact) mass is 586 g/mol. The predicted octanol–water partition coefficient (Wildman–Crippen LogP) is -1.58. The van der Waals surface area contributed by atoms with Gasteiger partial charge in [0.05, 0.1) is 25.6 Å². The van der Waals surface area contributed by atoms with Crippen LogP contribution in [0.25, 0.3) is 11.2 Å². The maximum absolute atomic E-state index is 12.3. The molecule has 0 spiro atoms. The molecule has 3 aromatic rings. The van der Waals surface area contributed by atoms with Crippen molar-refractivity contribution in [2.24, 2.45) is 0 Å². The summed E-state index contributed by atoms with van der Waals surface area (Å²) in [5, 5.41) is 20.4. The first-order valence-corrected chi connectivity index (χ1v) is 14.3. The van der Waals surface area contributed by atoms with Gasteiger partial charge in [-0.15, -0.1) is 0 Å². The maximum Gasteiger partial charge on any atom is 0.351 e. The molecule has 0 radical (unpaired) electrons. The molecule has 19 heteroatoms. The fourth-order valence-electron chi connectivity index (χ4n) is 4.55. The van der Waals surface area contributed by atoms with E-state index in [0.717, 1.165) is 4.57 Å². The SMILES string of the molecule is CO[C@@H]1[C@H](OP(O)(=S)OC[C@H]2O[C@@H](n3cnc4c(N)ncnc43)C[C@@H]2O)[C@@H](CO)O[C@H]1n1ccc(N)nc1=O. The Morgan fingerprint density at radius 2 is 2.00 bits per heavy atom. The Balaban J connectivity index is 1.25. The second-order valence-corrected chi connectivity index (χ2v) is 11.6. The largest absolute Gasteiger partial charge is 0.394 e. The number of methoxy groups -OCH3 is 1. The molecule has 17 nitrogen and oxygen atoms in total. The number of aliphatic hydroxyl groups excluding tert-OH is 2. The molecule has 8 atom stereocenters. The van der Waals surface area contributed by atoms with Gasteiger partial charge in [0.15, 0.2) is 17.7 Å². The molecule has 2 fully saturated rings. The minimum absolute atomic E-state index is 0.0196. The molecule has 7 N–H and O–H groups in total. The van der Waals surface area contributed by atoms with Gasteiger partial charge in [0.1, 0.15) is 48.3 Å². The minimum Gasteiger partial charge on any atom is -0.394 e. The number of aliphatic hydroxyl groups is 2. The molecule has 2 aliphatic rings. The van der Waals surface area contributed by atoms with Gasteiger partial charge in [-0.3, -0.25) is 13.7 Å². The standard InChI is InChI=1S/C20H27N8O9PS/c1-33-16-15(10(5-29)36-19(16)27-3-2-12(21)26-20(27)31)37-38(32,39)34-6-11-9(30)4-13(35-11)28-8-25-14-17(22)23-7-24-18(14)28/h2-3,7-11,13,15-16,19,29-30H,4-6H2,1H3,(H,32,39)(H2,21,26,31)(H2,22,23,24)/t9-,10+,11+,13+,15+,16+,19+,38?/m0/s1. The molecule has 0 saturated carbocycles. The summed E-state index contributed by atoms with van der Waals surface area (Å²) < 4.78 is 31.1. The average molecular weight is 587 g/mol. The molecule has 5 heterocycles. The lowest BCUT2D eigenvalue weighted by Gasteiger charge is -2.27. The fraction of sp³-hybridized carbons (Fsp3) is 0.550. The molecule has 0 aliphatic carbocycles. The first kappa shape index (κ1) is 27.9. The van der Waals surface area contributed by atoms with E-state index in [1.54, 1.807) is 4.57 Å². The number of aromatic nitrogens is 6. The van der Waals surface area contributed by atoms with Crippen LogP contribution in [0.15, 0.2) is 29.7 Å². The first-order chi connectivity index (χ1) is 18.6. The normalized spacial score (nSPS) is 30.6. The molecule has 1 unspecified atom stereocenters. The van der Waals surface area contributed by atoms with Crippen LogP contribution in [-0.2, 0) is 35.1 Å². The summed E-state index contributed by atoms with van der Waals surface area (Å²) >= 11 is 5.19. The Morgan fingerprint density at radius 3 is 2.72 bits per heavy atom. The van der Waals surface area contributed by atoms with Crippen LogP contribution >= 0.6 is 6.72 Å². The zero-order valence-corrected chi connectivity index (χ0v) is 22.2. The Labute approximate surface area is 225 Å². The van der Waals surface area contributed by atoms with E-state index >= 15 is 0 Å². The molecule has 0 amide bonds. The number of imidazole rings is 1. The molecule has 2 saturated heterocycles. The number of rotatable bonds is 9. The van der Waals surface area contributed by atoms with Gasteiger partial charge in [-0.1, -0.05) is 0 Å². The van der Waals surface area contributed by atoms with E-state index in [-0.39, 0.29) is 24.7 Å². The lowest BCUT2D eigenvalue weighted by molar-refractivity contribution is -0.0624. The molecular weight excluding hydrogens is 559 g/mol. The van der Waals surface area contributed by atoms with Gasteiger partial charge >= 0.3 is 12.4 Å². The van der Waals surface area contributed by atoms with E-state index in [9.17, 15) is 19.9 Å². The second-order valence-electron chi connectivity index (χ2n) is 8.84. The number of hydrogen-bond donors (Lipinski definition) is 5. The minimum atomic E-state index is -3.99. The van der Waals surface area contributed by atoms with Gasteiger partial charge in [-0.05, 0) is 17.9 Å². The summed E-state index contributed by atoms with van der Waals surface area (Å²) in [5.41, 5.74) is 11.5. The summed E-state index contributed by atoms with van der Waals surface area (Å²) in [4.78, 5) is 39.1. The number of hydrogen-bond acceptors (Lipinski definition) is 15. The molecule has 212 valence electrons. The van der Waals surface area contributed by atoms with Crippen LogP contribution in [0.2, 0.25) is 0 Å². The number of nitrogens with two attached hydrogens (primary N) is 2. The lowest BCUT2D eigenvalue weighted by atomic mass is 10.1. The van der Waals surface area contributed by atoms with E-state index in [4.69, 9.17) is 46.5 Å². The van der Waals surface area contributed by atoms with Crippen LogP contribution < -0.4 is 17.2 Å².